The highest BCUT2D eigenvalue weighted by Crippen LogP contribution is 2.24. The Morgan fingerprint density at radius 3 is 2.72 bits per heavy atom. The first-order chi connectivity index (χ1) is 12.1. The zero-order valence-electron chi connectivity index (χ0n) is 13.3. The summed E-state index contributed by atoms with van der Waals surface area (Å²) in [5, 5.41) is 23.3. The number of furan rings is 1. The van der Waals surface area contributed by atoms with Crippen LogP contribution in [0, 0.1) is 21.4 Å². The third kappa shape index (κ3) is 3.61. The van der Waals surface area contributed by atoms with Crippen molar-refractivity contribution in [3.05, 3.63) is 58.0 Å². The van der Waals surface area contributed by atoms with Gasteiger partial charge in [-0.1, -0.05) is 0 Å². The Morgan fingerprint density at radius 1 is 1.36 bits per heavy atom. The molecule has 1 aromatic carbocycles. The summed E-state index contributed by atoms with van der Waals surface area (Å²) in [7, 11) is 0. The van der Waals surface area contributed by atoms with Crippen LogP contribution >= 0.6 is 0 Å². The van der Waals surface area contributed by atoms with E-state index in [4.69, 9.17) is 4.42 Å². The van der Waals surface area contributed by atoms with Gasteiger partial charge in [0.05, 0.1) is 28.0 Å². The maximum atomic E-state index is 12.3. The fourth-order valence-electron chi connectivity index (χ4n) is 2.88. The number of hydrogen-bond donors (Lipinski definition) is 1. The summed E-state index contributed by atoms with van der Waals surface area (Å²) in [5.41, 5.74) is 1.25. The van der Waals surface area contributed by atoms with E-state index in [1.54, 1.807) is 17.0 Å². The number of likely N-dealkylation sites (tertiary alicyclic amines) is 1. The molecule has 1 fully saturated rings. The first kappa shape index (κ1) is 16.5. The molecular weight excluding hydrogens is 324 g/mol. The molecule has 25 heavy (non-hydrogen) atoms. The van der Waals surface area contributed by atoms with Crippen molar-refractivity contribution in [1.82, 2.24) is 4.90 Å². The molecule has 2 aromatic rings. The van der Waals surface area contributed by atoms with Crippen LogP contribution in [-0.2, 0) is 0 Å². The van der Waals surface area contributed by atoms with E-state index in [1.165, 1.54) is 24.7 Å². The molecule has 0 bridgehead atoms. The van der Waals surface area contributed by atoms with Crippen molar-refractivity contribution in [1.29, 1.82) is 5.26 Å². The van der Waals surface area contributed by atoms with Crippen molar-refractivity contribution < 1.29 is 14.1 Å². The molecule has 0 atom stereocenters. The number of non-ortho nitro benzene ring substituents is 1. The highest BCUT2D eigenvalue weighted by Gasteiger charge is 2.24. The van der Waals surface area contributed by atoms with Crippen LogP contribution in [0.4, 0.5) is 11.4 Å². The van der Waals surface area contributed by atoms with E-state index >= 15 is 0 Å². The Kier molecular flexibility index (Phi) is 4.66. The van der Waals surface area contributed by atoms with Crippen molar-refractivity contribution in [2.45, 2.75) is 18.9 Å². The number of amides is 1. The maximum Gasteiger partial charge on any atom is 0.270 e. The van der Waals surface area contributed by atoms with Crippen molar-refractivity contribution in [2.24, 2.45) is 0 Å². The molecule has 2 heterocycles. The molecule has 3 rings (SSSR count). The monoisotopic (exact) mass is 340 g/mol. The van der Waals surface area contributed by atoms with Gasteiger partial charge in [-0.25, -0.2) is 0 Å². The zero-order valence-corrected chi connectivity index (χ0v) is 13.3. The summed E-state index contributed by atoms with van der Waals surface area (Å²) in [6, 6.07) is 7.92. The van der Waals surface area contributed by atoms with Crippen LogP contribution in [-0.4, -0.2) is 34.9 Å². The van der Waals surface area contributed by atoms with Crippen LogP contribution in [0.5, 0.6) is 0 Å². The number of nitrogens with zero attached hydrogens (tertiary/aromatic N) is 3. The molecule has 8 nitrogen and oxygen atoms in total. The molecule has 128 valence electrons. The highest BCUT2D eigenvalue weighted by molar-refractivity contribution is 5.93. The van der Waals surface area contributed by atoms with Gasteiger partial charge in [-0.3, -0.25) is 14.9 Å². The lowest BCUT2D eigenvalue weighted by Crippen LogP contribution is -2.42. The lowest BCUT2D eigenvalue weighted by Gasteiger charge is -2.32. The van der Waals surface area contributed by atoms with Gasteiger partial charge >= 0.3 is 0 Å². The zero-order chi connectivity index (χ0) is 17.8. The number of carbonyl (C=O) groups excluding carboxylic acids is 1. The van der Waals surface area contributed by atoms with Crippen LogP contribution in [0.1, 0.15) is 28.8 Å². The topological polar surface area (TPSA) is 112 Å². The summed E-state index contributed by atoms with van der Waals surface area (Å²) in [4.78, 5) is 24.3. The number of piperidine rings is 1. The minimum absolute atomic E-state index is 0.0553. The molecule has 1 saturated heterocycles. The SMILES string of the molecule is N#Cc1cc([N+](=O)[O-])ccc1NC1CCN(C(=O)c2ccoc2)CC1. The van der Waals surface area contributed by atoms with E-state index in [1.807, 2.05) is 6.07 Å². The average Bonchev–Trinajstić information content (AvgIpc) is 3.16. The third-order valence-corrected chi connectivity index (χ3v) is 4.24. The lowest BCUT2D eigenvalue weighted by atomic mass is 10.0. The second-order valence-corrected chi connectivity index (χ2v) is 5.82. The smallest absolute Gasteiger partial charge is 0.270 e. The van der Waals surface area contributed by atoms with E-state index in [-0.39, 0.29) is 23.2 Å². The number of nitrogens with one attached hydrogen (secondary N) is 1. The number of nitro benzene ring substituents is 1. The van der Waals surface area contributed by atoms with E-state index < -0.39 is 4.92 Å². The van der Waals surface area contributed by atoms with E-state index in [2.05, 4.69) is 5.32 Å². The van der Waals surface area contributed by atoms with Crippen molar-refractivity contribution in [2.75, 3.05) is 18.4 Å². The standard InChI is InChI=1S/C17H16N4O4/c18-10-13-9-15(21(23)24)1-2-16(13)19-14-3-6-20(7-4-14)17(22)12-5-8-25-11-12/h1-2,5,8-9,11,14,19H,3-4,6-7H2. The van der Waals surface area contributed by atoms with Crippen LogP contribution in [0.2, 0.25) is 0 Å². The molecule has 0 aliphatic carbocycles. The molecule has 1 N–H and O–H groups in total. The summed E-state index contributed by atoms with van der Waals surface area (Å²) in [6.45, 7) is 1.19. The molecule has 0 radical (unpaired) electrons. The van der Waals surface area contributed by atoms with Crippen LogP contribution in [0.15, 0.2) is 41.2 Å². The predicted octanol–water partition coefficient (Wildman–Crippen LogP) is 2.78. The molecule has 1 amide bonds. The fraction of sp³-hybridized carbons (Fsp3) is 0.294. The summed E-state index contributed by atoms with van der Waals surface area (Å²) in [5.74, 6) is -0.0553. The van der Waals surface area contributed by atoms with Gasteiger partial charge in [-0.2, -0.15) is 5.26 Å². The second kappa shape index (κ2) is 7.05. The average molecular weight is 340 g/mol. The number of rotatable bonds is 4. The van der Waals surface area contributed by atoms with Gasteiger partial charge in [0.2, 0.25) is 0 Å². The van der Waals surface area contributed by atoms with Gasteiger partial charge in [-0.05, 0) is 25.0 Å². The minimum Gasteiger partial charge on any atom is -0.472 e. The molecule has 0 unspecified atom stereocenters. The molecule has 1 aromatic heterocycles. The maximum absolute atomic E-state index is 12.3. The molecular formula is C17H16N4O4. The van der Waals surface area contributed by atoms with Crippen LogP contribution < -0.4 is 5.32 Å². The third-order valence-electron chi connectivity index (χ3n) is 4.24. The summed E-state index contributed by atoms with van der Waals surface area (Å²) < 4.78 is 4.94. The fourth-order valence-corrected chi connectivity index (χ4v) is 2.88. The Bertz CT molecular complexity index is 818. The van der Waals surface area contributed by atoms with Crippen molar-refractivity contribution in [3.63, 3.8) is 0 Å². The van der Waals surface area contributed by atoms with Gasteiger partial charge in [0.1, 0.15) is 12.3 Å². The van der Waals surface area contributed by atoms with Crippen LogP contribution in [0.3, 0.4) is 0 Å². The molecule has 0 saturated carbocycles. The largest absolute Gasteiger partial charge is 0.472 e. The highest BCUT2D eigenvalue weighted by atomic mass is 16.6. The minimum atomic E-state index is -0.523. The van der Waals surface area contributed by atoms with E-state index in [0.717, 1.165) is 12.8 Å². The van der Waals surface area contributed by atoms with Gasteiger partial charge in [0.15, 0.2) is 0 Å². The number of nitriles is 1. The quantitative estimate of drug-likeness (QED) is 0.676. The van der Waals surface area contributed by atoms with E-state index in [0.29, 0.717) is 24.3 Å². The summed E-state index contributed by atoms with van der Waals surface area (Å²) >= 11 is 0. The number of hydrogen-bond acceptors (Lipinski definition) is 6. The van der Waals surface area contributed by atoms with Gasteiger partial charge in [0, 0.05) is 31.3 Å². The number of carbonyl (C=O) groups is 1. The van der Waals surface area contributed by atoms with E-state index in [9.17, 15) is 20.2 Å². The number of benzene rings is 1. The Morgan fingerprint density at radius 2 is 2.12 bits per heavy atom. The Balaban J connectivity index is 1.62. The second-order valence-electron chi connectivity index (χ2n) is 5.82. The molecule has 1 aliphatic rings. The van der Waals surface area contributed by atoms with Crippen LogP contribution in [0.25, 0.3) is 0 Å². The normalized spacial score (nSPS) is 14.8. The molecule has 1 aliphatic heterocycles. The first-order valence-electron chi connectivity index (χ1n) is 7.85. The predicted molar refractivity (Wildman–Crippen MR) is 89.1 cm³/mol. The lowest BCUT2D eigenvalue weighted by molar-refractivity contribution is -0.384. The number of nitro groups is 1. The first-order valence-corrected chi connectivity index (χ1v) is 7.85. The number of anilines is 1. The van der Waals surface area contributed by atoms with Crippen molar-refractivity contribution in [3.8, 4) is 6.07 Å². The van der Waals surface area contributed by atoms with Gasteiger partial charge < -0.3 is 14.6 Å². The molecule has 8 heteroatoms. The molecule has 0 spiro atoms. The Hall–Kier alpha value is -3.34. The Labute approximate surface area is 143 Å². The van der Waals surface area contributed by atoms with Gasteiger partial charge in [0.25, 0.3) is 11.6 Å². The van der Waals surface area contributed by atoms with Gasteiger partial charge in [-0.15, -0.1) is 0 Å². The van der Waals surface area contributed by atoms with Crippen molar-refractivity contribution >= 4 is 17.3 Å². The summed E-state index contributed by atoms with van der Waals surface area (Å²) in [6.07, 6.45) is 4.36.